The van der Waals surface area contributed by atoms with Crippen molar-refractivity contribution in [1.82, 2.24) is 9.38 Å². The number of aryl methyl sites for hydroxylation is 1. The molecule has 3 aromatic rings. The number of nitrogens with zero attached hydrogens (tertiary/aromatic N) is 2. The van der Waals surface area contributed by atoms with Gasteiger partial charge in [-0.3, -0.25) is 0 Å². The first-order valence-electron chi connectivity index (χ1n) is 7.58. The van der Waals surface area contributed by atoms with Crippen LogP contribution in [0.3, 0.4) is 0 Å². The summed E-state index contributed by atoms with van der Waals surface area (Å²) in [5, 5.41) is 0. The Hall–Kier alpha value is -2.75. The molecule has 1 aromatic carbocycles. The molecule has 0 unspecified atom stereocenters. The maximum Gasteiger partial charge on any atom is 0.161 e. The van der Waals surface area contributed by atoms with Crippen LogP contribution in [-0.2, 0) is 6.61 Å². The average molecular weight is 308 g/mol. The first kappa shape index (κ1) is 15.2. The maximum atomic E-state index is 5.89. The third-order valence-corrected chi connectivity index (χ3v) is 3.65. The van der Waals surface area contributed by atoms with Crippen LogP contribution >= 0.6 is 0 Å². The van der Waals surface area contributed by atoms with Crippen LogP contribution in [0.1, 0.15) is 23.7 Å². The summed E-state index contributed by atoms with van der Waals surface area (Å²) in [5.74, 6) is 1.44. The Bertz CT molecular complexity index is 850. The van der Waals surface area contributed by atoms with Gasteiger partial charge in [0, 0.05) is 12.4 Å². The van der Waals surface area contributed by atoms with Crippen LogP contribution < -0.4 is 9.47 Å². The molecule has 3 rings (SSSR count). The van der Waals surface area contributed by atoms with Gasteiger partial charge in [0.05, 0.1) is 12.8 Å². The van der Waals surface area contributed by atoms with Crippen LogP contribution in [0.5, 0.6) is 11.5 Å². The minimum Gasteiger partial charge on any atom is -0.493 e. The number of aromatic nitrogens is 2. The highest BCUT2D eigenvalue weighted by atomic mass is 16.5. The summed E-state index contributed by atoms with van der Waals surface area (Å²) in [6.07, 6.45) is 8.00. The van der Waals surface area contributed by atoms with E-state index in [9.17, 15) is 0 Å². The molecule has 0 fully saturated rings. The highest BCUT2D eigenvalue weighted by Gasteiger charge is 2.08. The number of benzene rings is 1. The van der Waals surface area contributed by atoms with Gasteiger partial charge >= 0.3 is 0 Å². The van der Waals surface area contributed by atoms with Gasteiger partial charge in [-0.05, 0) is 43.2 Å². The summed E-state index contributed by atoms with van der Waals surface area (Å²) in [4.78, 5) is 4.62. The molecule has 0 saturated carbocycles. The molecule has 0 bridgehead atoms. The third kappa shape index (κ3) is 3.21. The molecule has 0 radical (unpaired) electrons. The summed E-state index contributed by atoms with van der Waals surface area (Å²) in [5.41, 5.74) is 4.08. The van der Waals surface area contributed by atoms with E-state index in [4.69, 9.17) is 9.47 Å². The Balaban J connectivity index is 1.80. The molecule has 0 atom stereocenters. The van der Waals surface area contributed by atoms with Crippen LogP contribution in [-0.4, -0.2) is 16.5 Å². The molecule has 4 nitrogen and oxygen atoms in total. The predicted octanol–water partition coefficient (Wildman–Crippen LogP) is 4.26. The van der Waals surface area contributed by atoms with Crippen molar-refractivity contribution in [2.75, 3.05) is 7.11 Å². The fourth-order valence-corrected chi connectivity index (χ4v) is 2.53. The monoisotopic (exact) mass is 308 g/mol. The third-order valence-electron chi connectivity index (χ3n) is 3.65. The van der Waals surface area contributed by atoms with Gasteiger partial charge < -0.3 is 13.9 Å². The van der Waals surface area contributed by atoms with Gasteiger partial charge in [-0.25, -0.2) is 4.98 Å². The minimum absolute atomic E-state index is 0.403. The highest BCUT2D eigenvalue weighted by molar-refractivity contribution is 5.55. The van der Waals surface area contributed by atoms with Crippen molar-refractivity contribution in [3.63, 3.8) is 0 Å². The van der Waals surface area contributed by atoms with Crippen molar-refractivity contribution in [1.29, 1.82) is 0 Å². The molecule has 2 aromatic heterocycles. The Labute approximate surface area is 136 Å². The molecule has 0 aliphatic rings. The Morgan fingerprint density at radius 2 is 2.09 bits per heavy atom. The van der Waals surface area contributed by atoms with Gasteiger partial charge in [0.25, 0.3) is 0 Å². The van der Waals surface area contributed by atoms with Crippen LogP contribution in [0.4, 0.5) is 0 Å². The second-order valence-electron chi connectivity index (χ2n) is 5.35. The van der Waals surface area contributed by atoms with Crippen LogP contribution in [0.15, 0.2) is 48.8 Å². The molecular weight excluding hydrogens is 288 g/mol. The van der Waals surface area contributed by atoms with Crippen molar-refractivity contribution in [3.8, 4) is 11.5 Å². The zero-order valence-electron chi connectivity index (χ0n) is 13.6. The van der Waals surface area contributed by atoms with Crippen molar-refractivity contribution in [2.45, 2.75) is 20.5 Å². The molecule has 118 valence electrons. The number of rotatable bonds is 5. The van der Waals surface area contributed by atoms with E-state index in [0.717, 1.165) is 34.0 Å². The highest BCUT2D eigenvalue weighted by Crippen LogP contribution is 2.29. The van der Waals surface area contributed by atoms with E-state index >= 15 is 0 Å². The normalized spacial score (nSPS) is 11.3. The number of pyridine rings is 1. The lowest BCUT2D eigenvalue weighted by Gasteiger charge is -2.10. The zero-order valence-corrected chi connectivity index (χ0v) is 13.6. The molecular formula is C19H20N2O2. The van der Waals surface area contributed by atoms with Gasteiger partial charge in [0.15, 0.2) is 11.5 Å². The number of fused-ring (bicyclic) bond motifs is 1. The average Bonchev–Trinajstić information content (AvgIpc) is 2.98. The van der Waals surface area contributed by atoms with Gasteiger partial charge in [-0.15, -0.1) is 0 Å². The van der Waals surface area contributed by atoms with Gasteiger partial charge in [0.1, 0.15) is 12.3 Å². The zero-order chi connectivity index (χ0) is 16.2. The molecule has 0 aliphatic heterocycles. The standard InChI is InChI=1S/C19H20N2O2/c1-4-6-15-8-9-17(18(11-15)22-3)23-13-16-12-21-10-5-7-14(2)19(21)20-16/h4-12H,13H2,1-3H3/b6-4+. The lowest BCUT2D eigenvalue weighted by molar-refractivity contribution is 0.281. The molecule has 0 amide bonds. The van der Waals surface area contributed by atoms with E-state index in [1.165, 1.54) is 0 Å². The van der Waals surface area contributed by atoms with Crippen LogP contribution in [0, 0.1) is 6.92 Å². The molecule has 0 N–H and O–H groups in total. The van der Waals surface area contributed by atoms with Crippen molar-refractivity contribution >= 4 is 11.7 Å². The number of imidazole rings is 1. The van der Waals surface area contributed by atoms with E-state index in [1.807, 2.05) is 60.1 Å². The SMILES string of the molecule is C/C=C/c1ccc(OCc2cn3cccc(C)c3n2)c(OC)c1. The van der Waals surface area contributed by atoms with Crippen molar-refractivity contribution < 1.29 is 9.47 Å². The second kappa shape index (κ2) is 6.57. The largest absolute Gasteiger partial charge is 0.493 e. The maximum absolute atomic E-state index is 5.89. The van der Waals surface area contributed by atoms with Crippen molar-refractivity contribution in [3.05, 3.63) is 65.6 Å². The lowest BCUT2D eigenvalue weighted by atomic mass is 10.2. The summed E-state index contributed by atoms with van der Waals surface area (Å²) in [6.45, 7) is 4.44. The molecule has 0 spiro atoms. The number of ether oxygens (including phenoxy) is 2. The minimum atomic E-state index is 0.403. The van der Waals surface area contributed by atoms with Gasteiger partial charge in [-0.1, -0.05) is 24.3 Å². The fraction of sp³-hybridized carbons (Fsp3) is 0.211. The van der Waals surface area contributed by atoms with Gasteiger partial charge in [-0.2, -0.15) is 0 Å². The van der Waals surface area contributed by atoms with E-state index in [0.29, 0.717) is 6.61 Å². The molecule has 23 heavy (non-hydrogen) atoms. The number of methoxy groups -OCH3 is 1. The lowest BCUT2D eigenvalue weighted by Crippen LogP contribution is -1.98. The van der Waals surface area contributed by atoms with E-state index in [-0.39, 0.29) is 0 Å². The Morgan fingerprint density at radius 3 is 2.83 bits per heavy atom. The van der Waals surface area contributed by atoms with E-state index in [2.05, 4.69) is 18.0 Å². The second-order valence-corrected chi connectivity index (χ2v) is 5.35. The quantitative estimate of drug-likeness (QED) is 0.706. The van der Waals surface area contributed by atoms with E-state index in [1.54, 1.807) is 7.11 Å². The summed E-state index contributed by atoms with van der Waals surface area (Å²) >= 11 is 0. The van der Waals surface area contributed by atoms with E-state index < -0.39 is 0 Å². The number of allylic oxidation sites excluding steroid dienone is 1. The smallest absolute Gasteiger partial charge is 0.161 e. The molecule has 2 heterocycles. The van der Waals surface area contributed by atoms with Gasteiger partial charge in [0.2, 0.25) is 0 Å². The summed E-state index contributed by atoms with van der Waals surface area (Å²) in [6, 6.07) is 9.96. The molecule has 4 heteroatoms. The predicted molar refractivity (Wildman–Crippen MR) is 92.0 cm³/mol. The Kier molecular flexibility index (Phi) is 4.33. The number of hydrogen-bond donors (Lipinski definition) is 0. The Morgan fingerprint density at radius 1 is 1.22 bits per heavy atom. The van der Waals surface area contributed by atoms with Crippen LogP contribution in [0.2, 0.25) is 0 Å². The molecule has 0 saturated heterocycles. The first-order chi connectivity index (χ1) is 11.2. The van der Waals surface area contributed by atoms with Crippen molar-refractivity contribution in [2.24, 2.45) is 0 Å². The topological polar surface area (TPSA) is 35.8 Å². The summed E-state index contributed by atoms with van der Waals surface area (Å²) in [7, 11) is 1.65. The first-order valence-corrected chi connectivity index (χ1v) is 7.58. The van der Waals surface area contributed by atoms with Crippen LogP contribution in [0.25, 0.3) is 11.7 Å². The number of hydrogen-bond acceptors (Lipinski definition) is 3. The fourth-order valence-electron chi connectivity index (χ4n) is 2.53. The summed E-state index contributed by atoms with van der Waals surface area (Å²) < 4.78 is 13.3. The molecule has 0 aliphatic carbocycles.